The van der Waals surface area contributed by atoms with Crippen LogP contribution in [0.5, 0.6) is 0 Å². The largest absolute Gasteiger partial charge is 0.381 e. The maximum Gasteiger partial charge on any atom is 0.0412 e. The Morgan fingerprint density at radius 3 is 2.53 bits per heavy atom. The maximum absolute atomic E-state index is 6.14. The number of rotatable bonds is 4. The second kappa shape index (κ2) is 6.06. The van der Waals surface area contributed by atoms with E-state index < -0.39 is 0 Å². The van der Waals surface area contributed by atoms with Crippen molar-refractivity contribution in [2.45, 2.75) is 57.5 Å². The number of benzene rings is 1. The Balaban J connectivity index is 1.93. The van der Waals surface area contributed by atoms with Crippen molar-refractivity contribution in [3.8, 4) is 0 Å². The van der Waals surface area contributed by atoms with Crippen LogP contribution in [-0.4, -0.2) is 12.1 Å². The van der Waals surface area contributed by atoms with Crippen LogP contribution in [0.15, 0.2) is 24.3 Å². The predicted molar refractivity (Wildman–Crippen MR) is 74.3 cm³/mol. The molecule has 0 bridgehead atoms. The third-order valence-electron chi connectivity index (χ3n) is 3.66. The molecule has 1 aliphatic carbocycles. The van der Waals surface area contributed by atoms with E-state index in [0.29, 0.717) is 12.1 Å². The molecule has 94 valence electrons. The zero-order valence-electron chi connectivity index (χ0n) is 10.8. The first-order valence-corrected chi connectivity index (χ1v) is 6.90. The summed E-state index contributed by atoms with van der Waals surface area (Å²) in [4.78, 5) is 0. The second-order valence-corrected chi connectivity index (χ2v) is 5.15. The number of anilines is 1. The normalized spacial score (nSPS) is 24.6. The van der Waals surface area contributed by atoms with Crippen molar-refractivity contribution in [1.29, 1.82) is 0 Å². The Kier molecular flexibility index (Phi) is 4.43. The van der Waals surface area contributed by atoms with Gasteiger partial charge in [0.2, 0.25) is 0 Å². The Morgan fingerprint density at radius 2 is 1.88 bits per heavy atom. The first kappa shape index (κ1) is 12.4. The van der Waals surface area contributed by atoms with Gasteiger partial charge in [-0.1, -0.05) is 38.3 Å². The molecule has 2 nitrogen and oxygen atoms in total. The van der Waals surface area contributed by atoms with Crippen LogP contribution in [0, 0.1) is 0 Å². The highest BCUT2D eigenvalue weighted by Gasteiger charge is 2.21. The van der Waals surface area contributed by atoms with Gasteiger partial charge in [-0.05, 0) is 37.0 Å². The number of hydrogen-bond donors (Lipinski definition) is 2. The van der Waals surface area contributed by atoms with Crippen LogP contribution >= 0.6 is 0 Å². The van der Waals surface area contributed by atoms with Gasteiger partial charge in [0.25, 0.3) is 0 Å². The molecule has 0 amide bonds. The van der Waals surface area contributed by atoms with E-state index in [1.165, 1.54) is 43.4 Å². The van der Waals surface area contributed by atoms with Gasteiger partial charge in [-0.25, -0.2) is 0 Å². The summed E-state index contributed by atoms with van der Waals surface area (Å²) in [6.45, 7) is 2.22. The molecular weight excluding hydrogens is 208 g/mol. The van der Waals surface area contributed by atoms with Crippen LogP contribution in [0.4, 0.5) is 5.69 Å². The number of aryl methyl sites for hydroxylation is 1. The molecule has 17 heavy (non-hydrogen) atoms. The zero-order valence-corrected chi connectivity index (χ0v) is 10.8. The summed E-state index contributed by atoms with van der Waals surface area (Å²) in [6.07, 6.45) is 7.33. The molecule has 0 saturated heterocycles. The predicted octanol–water partition coefficient (Wildman–Crippen LogP) is 3.32. The molecule has 2 heteroatoms. The van der Waals surface area contributed by atoms with Gasteiger partial charge in [-0.3, -0.25) is 0 Å². The van der Waals surface area contributed by atoms with Crippen molar-refractivity contribution in [2.75, 3.05) is 5.32 Å². The zero-order chi connectivity index (χ0) is 12.1. The van der Waals surface area contributed by atoms with Crippen molar-refractivity contribution in [3.05, 3.63) is 29.8 Å². The lowest BCUT2D eigenvalue weighted by Gasteiger charge is -2.30. The van der Waals surface area contributed by atoms with Gasteiger partial charge in [0.1, 0.15) is 0 Å². The van der Waals surface area contributed by atoms with Gasteiger partial charge >= 0.3 is 0 Å². The molecule has 1 aromatic carbocycles. The van der Waals surface area contributed by atoms with Crippen LogP contribution < -0.4 is 11.1 Å². The summed E-state index contributed by atoms with van der Waals surface area (Å²) in [7, 11) is 0. The van der Waals surface area contributed by atoms with Crippen LogP contribution in [0.3, 0.4) is 0 Å². The van der Waals surface area contributed by atoms with E-state index in [1.54, 1.807) is 0 Å². The second-order valence-electron chi connectivity index (χ2n) is 5.15. The molecule has 1 fully saturated rings. The highest BCUT2D eigenvalue weighted by Crippen LogP contribution is 2.21. The van der Waals surface area contributed by atoms with E-state index in [1.807, 2.05) is 0 Å². The maximum atomic E-state index is 6.14. The molecule has 2 unspecified atom stereocenters. The van der Waals surface area contributed by atoms with Gasteiger partial charge in [0, 0.05) is 17.8 Å². The highest BCUT2D eigenvalue weighted by molar-refractivity contribution is 5.45. The van der Waals surface area contributed by atoms with Crippen molar-refractivity contribution < 1.29 is 0 Å². The van der Waals surface area contributed by atoms with E-state index >= 15 is 0 Å². The summed E-state index contributed by atoms with van der Waals surface area (Å²) >= 11 is 0. The summed E-state index contributed by atoms with van der Waals surface area (Å²) in [5.41, 5.74) is 8.78. The molecule has 1 aromatic rings. The van der Waals surface area contributed by atoms with Crippen molar-refractivity contribution in [1.82, 2.24) is 0 Å². The van der Waals surface area contributed by atoms with Gasteiger partial charge in [0.15, 0.2) is 0 Å². The molecule has 1 saturated carbocycles. The van der Waals surface area contributed by atoms with Crippen molar-refractivity contribution >= 4 is 5.69 Å². The van der Waals surface area contributed by atoms with Gasteiger partial charge in [-0.2, -0.15) is 0 Å². The molecule has 3 N–H and O–H groups in total. The topological polar surface area (TPSA) is 38.0 Å². The minimum Gasteiger partial charge on any atom is -0.381 e. The lowest BCUT2D eigenvalue weighted by molar-refractivity contribution is 0.404. The fourth-order valence-electron chi connectivity index (χ4n) is 2.61. The Morgan fingerprint density at radius 1 is 1.18 bits per heavy atom. The standard InChI is InChI=1S/C15H24N2/c1-2-5-12-8-10-13(11-9-12)17-15-7-4-3-6-14(15)16/h8-11,14-15,17H,2-7,16H2,1H3. The highest BCUT2D eigenvalue weighted by atomic mass is 15.0. The fourth-order valence-corrected chi connectivity index (χ4v) is 2.61. The number of nitrogens with one attached hydrogen (secondary N) is 1. The molecule has 0 radical (unpaired) electrons. The average molecular weight is 232 g/mol. The summed E-state index contributed by atoms with van der Waals surface area (Å²) in [5, 5.41) is 3.57. The summed E-state index contributed by atoms with van der Waals surface area (Å²) < 4.78 is 0. The third-order valence-corrected chi connectivity index (χ3v) is 3.66. The van der Waals surface area contributed by atoms with E-state index in [9.17, 15) is 0 Å². The molecule has 2 rings (SSSR count). The Hall–Kier alpha value is -1.02. The number of nitrogens with two attached hydrogens (primary N) is 1. The summed E-state index contributed by atoms with van der Waals surface area (Å²) in [5.74, 6) is 0. The average Bonchev–Trinajstić information content (AvgIpc) is 2.35. The molecular formula is C15H24N2. The van der Waals surface area contributed by atoms with Crippen LogP contribution in [-0.2, 0) is 6.42 Å². The number of hydrogen-bond acceptors (Lipinski definition) is 2. The van der Waals surface area contributed by atoms with Crippen molar-refractivity contribution in [2.24, 2.45) is 5.73 Å². The quantitative estimate of drug-likeness (QED) is 0.835. The van der Waals surface area contributed by atoms with Crippen LogP contribution in [0.2, 0.25) is 0 Å². The first-order chi connectivity index (χ1) is 8.29. The van der Waals surface area contributed by atoms with Gasteiger partial charge in [0.05, 0.1) is 0 Å². The lowest BCUT2D eigenvalue weighted by atomic mass is 9.91. The van der Waals surface area contributed by atoms with E-state index in [4.69, 9.17) is 5.73 Å². The minimum absolute atomic E-state index is 0.319. The van der Waals surface area contributed by atoms with E-state index in [0.717, 1.165) is 6.42 Å². The monoisotopic (exact) mass is 232 g/mol. The fraction of sp³-hybridized carbons (Fsp3) is 0.600. The Bertz CT molecular complexity index is 331. The smallest absolute Gasteiger partial charge is 0.0412 e. The Labute approximate surface area is 105 Å². The summed E-state index contributed by atoms with van der Waals surface area (Å²) in [6, 6.07) is 9.60. The third kappa shape index (κ3) is 3.47. The van der Waals surface area contributed by atoms with Crippen LogP contribution in [0.25, 0.3) is 0 Å². The minimum atomic E-state index is 0.319. The molecule has 1 aliphatic rings. The molecule has 0 heterocycles. The van der Waals surface area contributed by atoms with E-state index in [-0.39, 0.29) is 0 Å². The van der Waals surface area contributed by atoms with Crippen molar-refractivity contribution in [3.63, 3.8) is 0 Å². The molecule has 2 atom stereocenters. The van der Waals surface area contributed by atoms with Gasteiger partial charge < -0.3 is 11.1 Å². The molecule has 0 aromatic heterocycles. The van der Waals surface area contributed by atoms with Crippen LogP contribution in [0.1, 0.15) is 44.6 Å². The lowest BCUT2D eigenvalue weighted by Crippen LogP contribution is -2.42. The SMILES string of the molecule is CCCc1ccc(NC2CCCCC2N)cc1. The first-order valence-electron chi connectivity index (χ1n) is 6.90. The molecule has 0 spiro atoms. The van der Waals surface area contributed by atoms with Gasteiger partial charge in [-0.15, -0.1) is 0 Å². The van der Waals surface area contributed by atoms with E-state index in [2.05, 4.69) is 36.5 Å². The molecule has 0 aliphatic heterocycles.